The van der Waals surface area contributed by atoms with Crippen molar-refractivity contribution in [2.75, 3.05) is 0 Å². The molecule has 0 aliphatic heterocycles. The summed E-state index contributed by atoms with van der Waals surface area (Å²) < 4.78 is 0. The van der Waals surface area contributed by atoms with Crippen LogP contribution >= 0.6 is 0 Å². The van der Waals surface area contributed by atoms with E-state index in [0.29, 0.717) is 0 Å². The normalized spacial score (nSPS) is 13.1. The maximum absolute atomic E-state index is 4.19. The molecule has 1 aliphatic carbocycles. The van der Waals surface area contributed by atoms with Crippen LogP contribution in [0.4, 0.5) is 0 Å². The molecule has 0 unspecified atom stereocenters. The molecule has 1 nitrogen and oxygen atoms in total. The van der Waals surface area contributed by atoms with Crippen molar-refractivity contribution in [2.45, 2.75) is 19.8 Å². The third-order valence-corrected chi connectivity index (χ3v) is 3.13. The van der Waals surface area contributed by atoms with Crippen molar-refractivity contribution in [1.82, 2.24) is 4.98 Å². The number of nitrogens with zero attached hydrogens (tertiary/aromatic N) is 1. The fraction of sp³-hybridized carbons (Fsp3) is 0.214. The molecule has 1 aliphatic rings. The molecule has 0 bridgehead atoms. The van der Waals surface area contributed by atoms with E-state index in [2.05, 4.69) is 36.2 Å². The fourth-order valence-electron chi connectivity index (χ4n) is 2.29. The number of aryl methyl sites for hydroxylation is 1. The predicted molar refractivity (Wildman–Crippen MR) is 61.0 cm³/mol. The summed E-state index contributed by atoms with van der Waals surface area (Å²) in [6, 6.07) is 8.89. The molecule has 0 fully saturated rings. The number of aromatic nitrogens is 1. The van der Waals surface area contributed by atoms with Gasteiger partial charge in [0.05, 0.1) is 0 Å². The number of rotatable bonds is 0. The van der Waals surface area contributed by atoms with Gasteiger partial charge in [-0.15, -0.1) is 0 Å². The molecule has 74 valence electrons. The van der Waals surface area contributed by atoms with Gasteiger partial charge in [0, 0.05) is 12.4 Å². The van der Waals surface area contributed by atoms with Gasteiger partial charge >= 0.3 is 0 Å². The highest BCUT2D eigenvalue weighted by Gasteiger charge is 2.14. The van der Waals surface area contributed by atoms with Crippen LogP contribution in [-0.4, -0.2) is 4.98 Å². The van der Waals surface area contributed by atoms with Crippen LogP contribution in [0.3, 0.4) is 0 Å². The topological polar surface area (TPSA) is 12.9 Å². The minimum atomic E-state index is 1.04. The Morgan fingerprint density at radius 1 is 0.933 bits per heavy atom. The van der Waals surface area contributed by atoms with Crippen LogP contribution in [0.15, 0.2) is 36.7 Å². The smallest absolute Gasteiger partial charge is 0.0306 e. The van der Waals surface area contributed by atoms with Gasteiger partial charge in [-0.1, -0.05) is 23.8 Å². The number of hydrogen-bond acceptors (Lipinski definition) is 1. The average molecular weight is 195 g/mol. The van der Waals surface area contributed by atoms with Gasteiger partial charge < -0.3 is 0 Å². The van der Waals surface area contributed by atoms with Gasteiger partial charge in [-0.05, 0) is 48.1 Å². The van der Waals surface area contributed by atoms with Crippen molar-refractivity contribution in [3.05, 3.63) is 64.5 Å². The van der Waals surface area contributed by atoms with Crippen LogP contribution in [0.2, 0.25) is 0 Å². The Morgan fingerprint density at radius 2 is 1.73 bits per heavy atom. The Labute approximate surface area is 89.8 Å². The van der Waals surface area contributed by atoms with E-state index >= 15 is 0 Å². The third-order valence-electron chi connectivity index (χ3n) is 3.13. The van der Waals surface area contributed by atoms with Gasteiger partial charge in [-0.2, -0.15) is 0 Å². The average Bonchev–Trinajstić information content (AvgIpc) is 2.26. The molecule has 1 aromatic heterocycles. The van der Waals surface area contributed by atoms with Gasteiger partial charge in [0.25, 0.3) is 0 Å². The lowest BCUT2D eigenvalue weighted by atomic mass is 9.86. The van der Waals surface area contributed by atoms with E-state index in [4.69, 9.17) is 0 Å². The van der Waals surface area contributed by atoms with Crippen molar-refractivity contribution in [3.63, 3.8) is 0 Å². The van der Waals surface area contributed by atoms with E-state index in [1.807, 2.05) is 12.4 Å². The molecule has 1 heteroatoms. The lowest BCUT2D eigenvalue weighted by molar-refractivity contribution is 0.978. The Hall–Kier alpha value is -1.63. The largest absolute Gasteiger partial charge is 0.264 e. The number of pyridine rings is 1. The van der Waals surface area contributed by atoms with Crippen LogP contribution in [0.5, 0.6) is 0 Å². The first kappa shape index (κ1) is 8.66. The molecule has 0 spiro atoms. The molecule has 0 radical (unpaired) electrons. The second kappa shape index (κ2) is 3.20. The summed E-state index contributed by atoms with van der Waals surface area (Å²) >= 11 is 0. The molecule has 2 aromatic rings. The number of hydrogen-bond donors (Lipinski definition) is 0. The summed E-state index contributed by atoms with van der Waals surface area (Å²) in [6.45, 7) is 2.16. The molecule has 0 saturated heterocycles. The summed E-state index contributed by atoms with van der Waals surface area (Å²) in [5.41, 5.74) is 7.11. The molecule has 0 amide bonds. The van der Waals surface area contributed by atoms with E-state index in [-0.39, 0.29) is 0 Å². The summed E-state index contributed by atoms with van der Waals surface area (Å²) in [5, 5.41) is 0. The lowest BCUT2D eigenvalue weighted by Gasteiger charge is -2.19. The molecule has 0 saturated carbocycles. The highest BCUT2D eigenvalue weighted by molar-refractivity contribution is 5.45. The van der Waals surface area contributed by atoms with E-state index in [1.54, 1.807) is 0 Å². The number of fused-ring (bicyclic) bond motifs is 2. The molecular weight excluding hydrogens is 182 g/mol. The second-order valence-electron chi connectivity index (χ2n) is 4.27. The summed E-state index contributed by atoms with van der Waals surface area (Å²) in [4.78, 5) is 4.19. The zero-order chi connectivity index (χ0) is 10.3. The van der Waals surface area contributed by atoms with Crippen LogP contribution in [0.25, 0.3) is 0 Å². The maximum atomic E-state index is 4.19. The lowest BCUT2D eigenvalue weighted by Crippen LogP contribution is -2.07. The Bertz CT molecular complexity index is 514. The van der Waals surface area contributed by atoms with Gasteiger partial charge in [0.15, 0.2) is 0 Å². The van der Waals surface area contributed by atoms with Crippen LogP contribution < -0.4 is 0 Å². The minimum Gasteiger partial charge on any atom is -0.264 e. The quantitative estimate of drug-likeness (QED) is 0.537. The predicted octanol–water partition coefficient (Wildman–Crippen LogP) is 2.89. The molecule has 0 N–H and O–H groups in total. The number of benzene rings is 1. The Kier molecular flexibility index (Phi) is 1.84. The first-order valence-electron chi connectivity index (χ1n) is 5.33. The summed E-state index contributed by atoms with van der Waals surface area (Å²) in [6.07, 6.45) is 5.99. The van der Waals surface area contributed by atoms with Gasteiger partial charge in [0.2, 0.25) is 0 Å². The molecule has 15 heavy (non-hydrogen) atoms. The summed E-state index contributed by atoms with van der Waals surface area (Å²) in [7, 11) is 0. The fourth-order valence-corrected chi connectivity index (χ4v) is 2.29. The van der Waals surface area contributed by atoms with E-state index in [0.717, 1.165) is 12.8 Å². The van der Waals surface area contributed by atoms with Crippen molar-refractivity contribution in [1.29, 1.82) is 0 Å². The van der Waals surface area contributed by atoms with Crippen molar-refractivity contribution < 1.29 is 0 Å². The van der Waals surface area contributed by atoms with Crippen molar-refractivity contribution in [3.8, 4) is 0 Å². The first-order valence-corrected chi connectivity index (χ1v) is 5.33. The zero-order valence-corrected chi connectivity index (χ0v) is 8.83. The zero-order valence-electron chi connectivity index (χ0n) is 8.83. The Morgan fingerprint density at radius 3 is 2.67 bits per heavy atom. The van der Waals surface area contributed by atoms with Gasteiger partial charge in [0.1, 0.15) is 0 Å². The van der Waals surface area contributed by atoms with E-state index in [1.165, 1.54) is 27.8 Å². The second-order valence-corrected chi connectivity index (χ2v) is 4.27. The molecule has 3 rings (SSSR count). The molecule has 0 atom stereocenters. The van der Waals surface area contributed by atoms with Crippen molar-refractivity contribution in [2.24, 2.45) is 0 Å². The molecular formula is C14H13N. The highest BCUT2D eigenvalue weighted by Crippen LogP contribution is 2.26. The molecule has 1 aromatic carbocycles. The van der Waals surface area contributed by atoms with Crippen LogP contribution in [0.1, 0.15) is 27.8 Å². The van der Waals surface area contributed by atoms with E-state index < -0.39 is 0 Å². The van der Waals surface area contributed by atoms with Gasteiger partial charge in [-0.3, -0.25) is 4.98 Å². The monoisotopic (exact) mass is 195 g/mol. The SMILES string of the molecule is Cc1ccc2c(c1)Cc1ccncc1C2. The van der Waals surface area contributed by atoms with Gasteiger partial charge in [-0.25, -0.2) is 0 Å². The first-order chi connectivity index (χ1) is 7.33. The Balaban J connectivity index is 2.11. The highest BCUT2D eigenvalue weighted by atomic mass is 14.6. The standard InChI is InChI=1S/C14H13N/c1-10-2-3-11-8-14-9-15-5-4-12(14)7-13(11)6-10/h2-6,9H,7-8H2,1H3. The molecule has 1 heterocycles. The van der Waals surface area contributed by atoms with Crippen LogP contribution in [0, 0.1) is 6.92 Å². The van der Waals surface area contributed by atoms with Crippen molar-refractivity contribution >= 4 is 0 Å². The summed E-state index contributed by atoms with van der Waals surface area (Å²) in [5.74, 6) is 0. The van der Waals surface area contributed by atoms with Crippen LogP contribution in [-0.2, 0) is 12.8 Å². The van der Waals surface area contributed by atoms with E-state index in [9.17, 15) is 0 Å². The third kappa shape index (κ3) is 1.44. The minimum absolute atomic E-state index is 1.04. The maximum Gasteiger partial charge on any atom is 0.0306 e.